The van der Waals surface area contributed by atoms with Crippen molar-refractivity contribution in [2.75, 3.05) is 18.0 Å². The molecule has 0 saturated heterocycles. The fourth-order valence-electron chi connectivity index (χ4n) is 3.15. The van der Waals surface area contributed by atoms with Crippen LogP contribution in [-0.2, 0) is 0 Å². The molecule has 2 nitrogen and oxygen atoms in total. The average Bonchev–Trinajstić information content (AvgIpc) is 2.49. The van der Waals surface area contributed by atoms with Crippen LogP contribution in [0.1, 0.15) is 69.9 Å². The van der Waals surface area contributed by atoms with E-state index in [0.717, 1.165) is 13.0 Å². The van der Waals surface area contributed by atoms with Gasteiger partial charge in [0.1, 0.15) is 0 Å². The fraction of sp³-hybridized carbons (Fsp3) is 0.667. The Balaban J connectivity index is 1.73. The minimum atomic E-state index is 0.233. The van der Waals surface area contributed by atoms with E-state index in [4.69, 9.17) is 5.73 Å². The van der Waals surface area contributed by atoms with E-state index in [1.807, 2.05) is 0 Å². The van der Waals surface area contributed by atoms with Gasteiger partial charge in [0.05, 0.1) is 0 Å². The van der Waals surface area contributed by atoms with Gasteiger partial charge in [-0.15, -0.1) is 0 Å². The van der Waals surface area contributed by atoms with Gasteiger partial charge in [0.15, 0.2) is 0 Å². The normalized spacial score (nSPS) is 18.1. The van der Waals surface area contributed by atoms with Gasteiger partial charge in [-0.1, -0.05) is 63.6 Å². The third-order valence-electron chi connectivity index (χ3n) is 4.42. The highest BCUT2D eigenvalue weighted by Gasteiger charge is 2.21. The predicted molar refractivity (Wildman–Crippen MR) is 88.2 cm³/mol. The summed E-state index contributed by atoms with van der Waals surface area (Å²) in [5.74, 6) is 0. The van der Waals surface area contributed by atoms with Crippen molar-refractivity contribution >= 4 is 5.69 Å². The van der Waals surface area contributed by atoms with Crippen molar-refractivity contribution in [2.24, 2.45) is 5.73 Å². The van der Waals surface area contributed by atoms with E-state index in [1.165, 1.54) is 62.7 Å². The highest BCUT2D eigenvalue weighted by molar-refractivity contribution is 5.56. The number of anilines is 1. The van der Waals surface area contributed by atoms with Crippen LogP contribution in [0.2, 0.25) is 0 Å². The molecular weight excluding hydrogens is 244 g/mol. The lowest BCUT2D eigenvalue weighted by atomic mass is 9.97. The van der Waals surface area contributed by atoms with Crippen LogP contribution < -0.4 is 10.6 Å². The molecule has 2 rings (SSSR count). The van der Waals surface area contributed by atoms with Crippen LogP contribution in [0.3, 0.4) is 0 Å². The molecule has 0 radical (unpaired) electrons. The van der Waals surface area contributed by atoms with Crippen LogP contribution >= 0.6 is 0 Å². The maximum atomic E-state index is 6.20. The largest absolute Gasteiger partial charge is 0.371 e. The Kier molecular flexibility index (Phi) is 6.38. The van der Waals surface area contributed by atoms with Gasteiger partial charge < -0.3 is 10.6 Å². The number of hydrogen-bond acceptors (Lipinski definition) is 2. The van der Waals surface area contributed by atoms with Crippen molar-refractivity contribution in [2.45, 2.75) is 64.3 Å². The molecule has 1 aromatic rings. The summed E-state index contributed by atoms with van der Waals surface area (Å²) < 4.78 is 0. The van der Waals surface area contributed by atoms with E-state index in [2.05, 4.69) is 36.1 Å². The zero-order chi connectivity index (χ0) is 14.2. The Morgan fingerprint density at radius 2 is 1.75 bits per heavy atom. The lowest BCUT2D eigenvalue weighted by Gasteiger charge is -2.34. The molecule has 0 bridgehead atoms. The molecule has 0 amide bonds. The molecular formula is C18H30N2. The Morgan fingerprint density at radius 1 is 1.05 bits per heavy atom. The van der Waals surface area contributed by atoms with Crippen molar-refractivity contribution in [1.82, 2.24) is 0 Å². The molecule has 0 aliphatic carbocycles. The van der Waals surface area contributed by atoms with Gasteiger partial charge in [0.25, 0.3) is 0 Å². The van der Waals surface area contributed by atoms with Gasteiger partial charge in [-0.3, -0.25) is 0 Å². The first-order valence-corrected chi connectivity index (χ1v) is 8.42. The molecule has 112 valence electrons. The van der Waals surface area contributed by atoms with E-state index in [9.17, 15) is 0 Å². The average molecular weight is 274 g/mol. The number of unbranched alkanes of at least 4 members (excludes halogenated alkanes) is 6. The number of hydrogen-bond donors (Lipinski definition) is 1. The summed E-state index contributed by atoms with van der Waals surface area (Å²) in [5.41, 5.74) is 8.91. The van der Waals surface area contributed by atoms with Gasteiger partial charge in [0, 0.05) is 24.8 Å². The van der Waals surface area contributed by atoms with Crippen molar-refractivity contribution in [1.29, 1.82) is 0 Å². The lowest BCUT2D eigenvalue weighted by Crippen LogP contribution is -2.34. The smallest absolute Gasteiger partial charge is 0.0414 e. The molecule has 1 aliphatic rings. The number of benzene rings is 1. The third kappa shape index (κ3) is 4.24. The second kappa shape index (κ2) is 8.31. The van der Waals surface area contributed by atoms with E-state index in [0.29, 0.717) is 0 Å². The molecule has 1 atom stereocenters. The summed E-state index contributed by atoms with van der Waals surface area (Å²) in [7, 11) is 0. The SMILES string of the molecule is CCCCCCCCCN1CCC(N)c2ccccc21. The summed E-state index contributed by atoms with van der Waals surface area (Å²) in [6.07, 6.45) is 10.7. The van der Waals surface area contributed by atoms with E-state index in [1.54, 1.807) is 0 Å². The first-order valence-electron chi connectivity index (χ1n) is 8.42. The van der Waals surface area contributed by atoms with Crippen molar-refractivity contribution in [3.8, 4) is 0 Å². The molecule has 20 heavy (non-hydrogen) atoms. The molecule has 1 aromatic carbocycles. The number of nitrogens with two attached hydrogens (primary N) is 1. The monoisotopic (exact) mass is 274 g/mol. The van der Waals surface area contributed by atoms with Gasteiger partial charge in [0.2, 0.25) is 0 Å². The minimum absolute atomic E-state index is 0.233. The van der Waals surface area contributed by atoms with Crippen molar-refractivity contribution < 1.29 is 0 Å². The van der Waals surface area contributed by atoms with Crippen LogP contribution in [0, 0.1) is 0 Å². The third-order valence-corrected chi connectivity index (χ3v) is 4.42. The number of nitrogens with zero attached hydrogens (tertiary/aromatic N) is 1. The standard InChI is InChI=1S/C18H30N2/c1-2-3-4-5-6-7-10-14-20-15-13-17(19)16-11-8-9-12-18(16)20/h8-9,11-12,17H,2-7,10,13-15,19H2,1H3. The van der Waals surface area contributed by atoms with Crippen LogP contribution in [0.4, 0.5) is 5.69 Å². The highest BCUT2D eigenvalue weighted by atomic mass is 15.1. The first kappa shape index (κ1) is 15.4. The molecule has 0 fully saturated rings. The first-order chi connectivity index (χ1) is 9.83. The summed E-state index contributed by atoms with van der Waals surface area (Å²) in [6, 6.07) is 8.90. The lowest BCUT2D eigenvalue weighted by molar-refractivity contribution is 0.554. The minimum Gasteiger partial charge on any atom is -0.371 e. The number of para-hydroxylation sites is 1. The van der Waals surface area contributed by atoms with E-state index in [-0.39, 0.29) is 6.04 Å². The second-order valence-corrected chi connectivity index (χ2v) is 6.06. The molecule has 2 N–H and O–H groups in total. The van der Waals surface area contributed by atoms with Crippen molar-refractivity contribution in [3.63, 3.8) is 0 Å². The summed E-state index contributed by atoms with van der Waals surface area (Å²) in [4.78, 5) is 2.53. The zero-order valence-corrected chi connectivity index (χ0v) is 13.0. The van der Waals surface area contributed by atoms with Gasteiger partial charge >= 0.3 is 0 Å². The maximum Gasteiger partial charge on any atom is 0.0414 e. The fourth-order valence-corrected chi connectivity index (χ4v) is 3.15. The molecule has 0 aromatic heterocycles. The maximum absolute atomic E-state index is 6.20. The highest BCUT2D eigenvalue weighted by Crippen LogP contribution is 2.32. The number of rotatable bonds is 8. The topological polar surface area (TPSA) is 29.3 Å². The van der Waals surface area contributed by atoms with E-state index < -0.39 is 0 Å². The Morgan fingerprint density at radius 3 is 2.55 bits per heavy atom. The molecule has 2 heteroatoms. The van der Waals surface area contributed by atoms with Crippen LogP contribution in [-0.4, -0.2) is 13.1 Å². The summed E-state index contributed by atoms with van der Waals surface area (Å²) >= 11 is 0. The second-order valence-electron chi connectivity index (χ2n) is 6.06. The summed E-state index contributed by atoms with van der Waals surface area (Å²) in [6.45, 7) is 4.59. The molecule has 1 unspecified atom stereocenters. The Labute approximate surface area is 124 Å². The van der Waals surface area contributed by atoms with Crippen LogP contribution in [0.5, 0.6) is 0 Å². The van der Waals surface area contributed by atoms with Crippen LogP contribution in [0.25, 0.3) is 0 Å². The van der Waals surface area contributed by atoms with Gasteiger partial charge in [-0.25, -0.2) is 0 Å². The van der Waals surface area contributed by atoms with Crippen LogP contribution in [0.15, 0.2) is 24.3 Å². The van der Waals surface area contributed by atoms with Gasteiger partial charge in [-0.2, -0.15) is 0 Å². The number of fused-ring (bicyclic) bond motifs is 1. The Bertz CT molecular complexity index is 389. The Hall–Kier alpha value is -1.02. The van der Waals surface area contributed by atoms with Gasteiger partial charge in [-0.05, 0) is 24.5 Å². The molecule has 0 saturated carbocycles. The zero-order valence-electron chi connectivity index (χ0n) is 13.0. The molecule has 1 aliphatic heterocycles. The quantitative estimate of drug-likeness (QED) is 0.699. The predicted octanol–water partition coefficient (Wildman–Crippen LogP) is 4.65. The summed E-state index contributed by atoms with van der Waals surface area (Å²) in [5, 5.41) is 0. The van der Waals surface area contributed by atoms with Crippen molar-refractivity contribution in [3.05, 3.63) is 29.8 Å². The molecule has 0 spiro atoms. The molecule has 1 heterocycles. The van der Waals surface area contributed by atoms with E-state index >= 15 is 0 Å².